The predicted molar refractivity (Wildman–Crippen MR) is 156 cm³/mol. The maximum absolute atomic E-state index is 13.0. The van der Waals surface area contributed by atoms with E-state index in [1.165, 1.54) is 46.8 Å². The summed E-state index contributed by atoms with van der Waals surface area (Å²) in [6, 6.07) is 20.3. The molecule has 11 heteroatoms. The number of fused-ring (bicyclic) bond motifs is 1. The van der Waals surface area contributed by atoms with Crippen LogP contribution in [0.1, 0.15) is 26.3 Å². The van der Waals surface area contributed by atoms with Crippen molar-refractivity contribution >= 4 is 34.8 Å². The molecule has 0 heterocycles. The number of nitrogens with zero attached hydrogens (tertiary/aromatic N) is 1. The molecule has 216 valence electrons. The van der Waals surface area contributed by atoms with Gasteiger partial charge in [0.05, 0.1) is 46.8 Å². The van der Waals surface area contributed by atoms with E-state index in [4.69, 9.17) is 23.7 Å². The first-order chi connectivity index (χ1) is 20.4. The highest BCUT2D eigenvalue weighted by Gasteiger charge is 2.16. The van der Waals surface area contributed by atoms with Crippen molar-refractivity contribution in [2.75, 3.05) is 35.0 Å². The fourth-order valence-corrected chi connectivity index (χ4v) is 4.07. The lowest BCUT2D eigenvalue weighted by molar-refractivity contribution is -0.120. The molecule has 4 rings (SSSR count). The summed E-state index contributed by atoms with van der Waals surface area (Å²) in [5, 5.41) is 8.19. The van der Waals surface area contributed by atoms with Gasteiger partial charge >= 0.3 is 5.97 Å². The molecule has 0 bridgehead atoms. The summed E-state index contributed by atoms with van der Waals surface area (Å²) in [7, 11) is 5.93. The minimum atomic E-state index is -0.622. The number of carbonyl (C=O) groups excluding carboxylic acids is 3. The zero-order valence-electron chi connectivity index (χ0n) is 23.4. The quantitative estimate of drug-likeness (QED) is 0.120. The second-order valence-corrected chi connectivity index (χ2v) is 8.70. The molecule has 11 nitrogen and oxygen atoms in total. The van der Waals surface area contributed by atoms with Gasteiger partial charge in [-0.15, -0.1) is 0 Å². The Morgan fingerprint density at radius 2 is 1.31 bits per heavy atom. The highest BCUT2D eigenvalue weighted by Crippen LogP contribution is 2.30. The van der Waals surface area contributed by atoms with Gasteiger partial charge in [-0.1, -0.05) is 30.3 Å². The van der Waals surface area contributed by atoms with Crippen molar-refractivity contribution < 1.29 is 38.1 Å². The standard InChI is InChI=1S/C31H29N3O8/c1-38-25-13-10-20(15-27(25)40-3)30(36)32-18-29(35)34-33-17-23-22-8-6-5-7-19(22)9-12-24(23)42-31(37)21-11-14-26(39-2)28(16-21)41-4/h5-17H,18H2,1-4H3,(H,32,36)(H,34,35)/b33-17-. The number of rotatable bonds is 11. The van der Waals surface area contributed by atoms with Crippen molar-refractivity contribution in [2.45, 2.75) is 0 Å². The molecule has 0 aliphatic carbocycles. The molecule has 0 radical (unpaired) electrons. The van der Waals surface area contributed by atoms with E-state index >= 15 is 0 Å². The van der Waals surface area contributed by atoms with Gasteiger partial charge in [-0.05, 0) is 53.2 Å². The van der Waals surface area contributed by atoms with Crippen LogP contribution >= 0.6 is 0 Å². The largest absolute Gasteiger partial charge is 0.493 e. The molecule has 0 atom stereocenters. The Bertz CT molecular complexity index is 1650. The van der Waals surface area contributed by atoms with Crippen LogP contribution < -0.4 is 34.4 Å². The van der Waals surface area contributed by atoms with Crippen LogP contribution in [0, 0.1) is 0 Å². The normalized spacial score (nSPS) is 10.7. The first-order valence-corrected chi connectivity index (χ1v) is 12.7. The molecular formula is C31H29N3O8. The molecule has 0 unspecified atom stereocenters. The molecule has 0 fully saturated rings. The number of carbonyl (C=O) groups is 3. The van der Waals surface area contributed by atoms with Crippen LogP contribution in [0.15, 0.2) is 77.9 Å². The van der Waals surface area contributed by atoms with E-state index in [0.29, 0.717) is 34.1 Å². The third-order valence-corrected chi connectivity index (χ3v) is 6.19. The van der Waals surface area contributed by atoms with E-state index in [9.17, 15) is 14.4 Å². The van der Waals surface area contributed by atoms with Gasteiger partial charge in [0.15, 0.2) is 23.0 Å². The number of hydrogen-bond donors (Lipinski definition) is 2. The van der Waals surface area contributed by atoms with Gasteiger partial charge in [-0.3, -0.25) is 9.59 Å². The topological polar surface area (TPSA) is 134 Å². The van der Waals surface area contributed by atoms with E-state index in [0.717, 1.165) is 10.8 Å². The zero-order valence-corrected chi connectivity index (χ0v) is 23.4. The Morgan fingerprint density at radius 1 is 0.714 bits per heavy atom. The van der Waals surface area contributed by atoms with Gasteiger partial charge in [0.25, 0.3) is 11.8 Å². The molecule has 2 amide bonds. The number of methoxy groups -OCH3 is 4. The lowest BCUT2D eigenvalue weighted by Crippen LogP contribution is -2.34. The Labute approximate surface area is 242 Å². The summed E-state index contributed by atoms with van der Waals surface area (Å²) in [5.41, 5.74) is 3.40. The maximum Gasteiger partial charge on any atom is 0.343 e. The van der Waals surface area contributed by atoms with Crippen molar-refractivity contribution in [3.63, 3.8) is 0 Å². The van der Waals surface area contributed by atoms with Crippen LogP contribution in [0.2, 0.25) is 0 Å². The molecule has 4 aromatic rings. The van der Waals surface area contributed by atoms with Gasteiger partial charge in [0, 0.05) is 11.1 Å². The van der Waals surface area contributed by atoms with Crippen molar-refractivity contribution in [3.8, 4) is 28.7 Å². The molecule has 0 saturated carbocycles. The van der Waals surface area contributed by atoms with E-state index in [1.807, 2.05) is 30.3 Å². The number of amides is 2. The summed E-state index contributed by atoms with van der Waals surface area (Å²) in [4.78, 5) is 37.9. The molecule has 4 aromatic carbocycles. The van der Waals surface area contributed by atoms with Gasteiger partial charge < -0.3 is 29.0 Å². The summed E-state index contributed by atoms with van der Waals surface area (Å²) in [6.07, 6.45) is 1.38. The number of hydrazone groups is 1. The molecular weight excluding hydrogens is 542 g/mol. The van der Waals surface area contributed by atoms with Crippen LogP contribution in [-0.2, 0) is 4.79 Å². The summed E-state index contributed by atoms with van der Waals surface area (Å²) in [5.74, 6) is 0.283. The van der Waals surface area contributed by atoms with Crippen LogP contribution in [0.4, 0.5) is 0 Å². The average molecular weight is 572 g/mol. The second kappa shape index (κ2) is 13.7. The number of ether oxygens (including phenoxy) is 5. The van der Waals surface area contributed by atoms with Crippen molar-refractivity contribution in [1.29, 1.82) is 0 Å². The smallest absolute Gasteiger partial charge is 0.343 e. The lowest BCUT2D eigenvalue weighted by atomic mass is 10.0. The minimum Gasteiger partial charge on any atom is -0.493 e. The highest BCUT2D eigenvalue weighted by molar-refractivity contribution is 6.04. The molecule has 0 saturated heterocycles. The van der Waals surface area contributed by atoms with Crippen LogP contribution in [-0.4, -0.2) is 59.0 Å². The lowest BCUT2D eigenvalue weighted by Gasteiger charge is -2.12. The van der Waals surface area contributed by atoms with E-state index in [1.54, 1.807) is 30.3 Å². The van der Waals surface area contributed by atoms with Crippen LogP contribution in [0.25, 0.3) is 10.8 Å². The van der Waals surface area contributed by atoms with E-state index < -0.39 is 17.8 Å². The Hall–Kier alpha value is -5.58. The molecule has 2 N–H and O–H groups in total. The van der Waals surface area contributed by atoms with Crippen LogP contribution in [0.3, 0.4) is 0 Å². The summed E-state index contributed by atoms with van der Waals surface area (Å²) < 4.78 is 26.6. The van der Waals surface area contributed by atoms with Crippen LogP contribution in [0.5, 0.6) is 28.7 Å². The number of nitrogens with one attached hydrogen (secondary N) is 2. The van der Waals surface area contributed by atoms with Gasteiger partial charge in [0.1, 0.15) is 5.75 Å². The summed E-state index contributed by atoms with van der Waals surface area (Å²) >= 11 is 0. The molecule has 42 heavy (non-hydrogen) atoms. The van der Waals surface area contributed by atoms with Crippen molar-refractivity contribution in [1.82, 2.24) is 10.7 Å². The fraction of sp³-hybridized carbons (Fsp3) is 0.161. The number of benzene rings is 4. The Balaban J connectivity index is 1.47. The molecule has 0 aliphatic heterocycles. The fourth-order valence-electron chi connectivity index (χ4n) is 4.07. The average Bonchev–Trinajstić information content (AvgIpc) is 3.03. The SMILES string of the molecule is COc1ccc(C(=O)NCC(=O)N/N=C\c2c(OC(=O)c3ccc(OC)c(OC)c3)ccc3ccccc23)cc1OC. The number of esters is 1. The van der Waals surface area contributed by atoms with Crippen molar-refractivity contribution in [2.24, 2.45) is 5.10 Å². The second-order valence-electron chi connectivity index (χ2n) is 8.70. The first-order valence-electron chi connectivity index (χ1n) is 12.7. The van der Waals surface area contributed by atoms with E-state index in [2.05, 4.69) is 15.8 Å². The Morgan fingerprint density at radius 3 is 1.98 bits per heavy atom. The zero-order chi connectivity index (χ0) is 30.1. The summed E-state index contributed by atoms with van der Waals surface area (Å²) in [6.45, 7) is -0.332. The Kier molecular flexibility index (Phi) is 9.57. The minimum absolute atomic E-state index is 0.230. The third-order valence-electron chi connectivity index (χ3n) is 6.19. The number of hydrogen-bond acceptors (Lipinski definition) is 9. The molecule has 0 aliphatic rings. The highest BCUT2D eigenvalue weighted by atomic mass is 16.5. The van der Waals surface area contributed by atoms with Crippen molar-refractivity contribution in [3.05, 3.63) is 89.5 Å². The van der Waals surface area contributed by atoms with Gasteiger partial charge in [0.2, 0.25) is 0 Å². The van der Waals surface area contributed by atoms with E-state index in [-0.39, 0.29) is 17.9 Å². The molecule has 0 aromatic heterocycles. The monoisotopic (exact) mass is 571 g/mol. The molecule has 0 spiro atoms. The van der Waals surface area contributed by atoms with Gasteiger partial charge in [-0.25, -0.2) is 10.2 Å². The first kappa shape index (κ1) is 29.4. The predicted octanol–water partition coefficient (Wildman–Crippen LogP) is 3.97. The van der Waals surface area contributed by atoms with Gasteiger partial charge in [-0.2, -0.15) is 5.10 Å². The maximum atomic E-state index is 13.0. The third kappa shape index (κ3) is 6.76.